The molecule has 0 fully saturated rings. The summed E-state index contributed by atoms with van der Waals surface area (Å²) in [4.78, 5) is 8.00. The quantitative estimate of drug-likeness (QED) is 0.435. The van der Waals surface area contributed by atoms with Crippen LogP contribution in [-0.2, 0) is 23.9 Å². The molecule has 21 heavy (non-hydrogen) atoms. The molecule has 0 saturated carbocycles. The fourth-order valence-corrected chi connectivity index (χ4v) is 1.02. The normalized spacial score (nSPS) is 7.19. The van der Waals surface area contributed by atoms with Crippen LogP contribution in [0.3, 0.4) is 0 Å². The lowest BCUT2D eigenvalue weighted by molar-refractivity contribution is -0.0980. The molecule has 0 atom stereocenters. The maximum atomic E-state index is 10.6. The molecule has 0 aliphatic heterocycles. The minimum atomic E-state index is -3.89. The van der Waals surface area contributed by atoms with E-state index in [1.165, 1.54) is 0 Å². The molecule has 0 heterocycles. The summed E-state index contributed by atoms with van der Waals surface area (Å²) in [5.74, 6) is 4.44. The molecule has 0 aromatic heterocycles. The van der Waals surface area contributed by atoms with Crippen LogP contribution in [0.15, 0.2) is 12.2 Å². The number of hydrogen-bond acceptors (Lipinski definition) is 7. The highest BCUT2D eigenvalue weighted by Crippen LogP contribution is 1.95. The van der Waals surface area contributed by atoms with Crippen molar-refractivity contribution in [3.8, 4) is 0 Å². The van der Waals surface area contributed by atoms with E-state index in [0.717, 1.165) is 0 Å². The van der Waals surface area contributed by atoms with E-state index in [1.54, 1.807) is 6.92 Å². The lowest BCUT2D eigenvalue weighted by atomic mass is 9.96. The first-order chi connectivity index (χ1) is 6.87. The Balaban J connectivity index is -0.0000000336. The van der Waals surface area contributed by atoms with Gasteiger partial charge in [0.2, 0.25) is 0 Å². The predicted octanol–water partition coefficient (Wildman–Crippen LogP) is 2.45. The summed E-state index contributed by atoms with van der Waals surface area (Å²) < 4.78 is 29.6. The van der Waals surface area contributed by atoms with Crippen LogP contribution in [0.5, 0.6) is 0 Å². The van der Waals surface area contributed by atoms with Gasteiger partial charge in [0, 0.05) is 0 Å². The van der Waals surface area contributed by atoms with E-state index in [-0.39, 0.29) is 51.2 Å². The molecule has 0 amide bonds. The van der Waals surface area contributed by atoms with E-state index >= 15 is 0 Å². The summed E-state index contributed by atoms with van der Waals surface area (Å²) in [6.07, 6.45) is 0. The summed E-state index contributed by atoms with van der Waals surface area (Å²) in [5.41, 5.74) is -0.0262. The van der Waals surface area contributed by atoms with Crippen LogP contribution in [0, 0.1) is 0 Å². The largest absolute Gasteiger partial charge is 0.472 e. The van der Waals surface area contributed by atoms with E-state index in [1.807, 2.05) is 6.79 Å². The van der Waals surface area contributed by atoms with E-state index in [4.69, 9.17) is 9.82 Å². The Morgan fingerprint density at radius 3 is 1.71 bits per heavy atom. The van der Waals surface area contributed by atoms with Crippen LogP contribution in [0.1, 0.15) is 51.5 Å². The van der Waals surface area contributed by atoms with Crippen LogP contribution in [0.2, 0.25) is 0 Å². The van der Waals surface area contributed by atoms with Crippen molar-refractivity contribution < 1.29 is 27.2 Å². The Kier molecular flexibility index (Phi) is 65.7. The van der Waals surface area contributed by atoms with Gasteiger partial charge < -0.3 is 14.5 Å². The molecule has 0 aromatic rings. The van der Waals surface area contributed by atoms with Crippen molar-refractivity contribution in [2.75, 3.05) is 12.3 Å². The van der Waals surface area contributed by atoms with Crippen molar-refractivity contribution in [2.45, 2.75) is 51.5 Å². The zero-order valence-electron chi connectivity index (χ0n) is 8.38. The molecule has 0 bridgehead atoms. The maximum absolute atomic E-state index is 10.6. The van der Waals surface area contributed by atoms with Crippen molar-refractivity contribution in [2.24, 2.45) is 5.90 Å². The van der Waals surface area contributed by atoms with Gasteiger partial charge in [0.05, 0.1) is 6.61 Å². The summed E-state index contributed by atoms with van der Waals surface area (Å²) in [7, 11) is -5.35. The summed E-state index contributed by atoms with van der Waals surface area (Å²) in [5, 5.41) is 8.99. The van der Waals surface area contributed by atoms with Gasteiger partial charge in [-0.3, -0.25) is 0 Å². The third kappa shape index (κ3) is 38.2. The molecule has 9 heteroatoms. The number of rotatable bonds is 6. The Morgan fingerprint density at radius 1 is 1.14 bits per heavy atom. The number of nitrogens with two attached hydrogens (primary N) is 1. The molecule has 0 rings (SSSR count). The average Bonchev–Trinajstić information content (AvgIpc) is 2.17. The van der Waals surface area contributed by atoms with Crippen molar-refractivity contribution in [1.29, 1.82) is 0 Å². The molecule has 0 spiro atoms. The van der Waals surface area contributed by atoms with E-state index in [9.17, 15) is 8.42 Å². The zero-order valence-corrected chi connectivity index (χ0v) is 9.20. The fourth-order valence-electron chi connectivity index (χ4n) is 0.500. The molecule has 3 N–H and O–H groups in total. The van der Waals surface area contributed by atoms with E-state index in [0.29, 0.717) is 5.57 Å². The lowest BCUT2D eigenvalue weighted by Crippen LogP contribution is -2.31. The molecule has 0 aliphatic carbocycles. The second-order valence-corrected chi connectivity index (χ2v) is 4.18. The number of carbonyl (C=O) groups is 1. The van der Waals surface area contributed by atoms with Crippen molar-refractivity contribution in [3.63, 3.8) is 0 Å². The molecule has 0 radical (unpaired) electrons. The zero-order chi connectivity index (χ0) is 12.5. The Hall–Kier alpha value is -0.735. The molecule has 7 nitrogen and oxygen atoms in total. The van der Waals surface area contributed by atoms with E-state index in [2.05, 4.69) is 21.4 Å². The summed E-state index contributed by atoms with van der Waals surface area (Å²) >= 11 is 0. The van der Waals surface area contributed by atoms with Crippen LogP contribution in [0.25, 0.3) is 0 Å². The highest BCUT2D eigenvalue weighted by atomic mass is 32.2. The molecule has 0 saturated heterocycles. The van der Waals surface area contributed by atoms with Gasteiger partial charge >= 0.3 is 7.12 Å². The Bertz CT molecular complexity index is 285. The minimum Gasteiger partial charge on any atom is -0.426 e. The second kappa shape index (κ2) is 27.6. The van der Waals surface area contributed by atoms with Crippen LogP contribution >= 0.6 is 0 Å². The van der Waals surface area contributed by atoms with Crippen molar-refractivity contribution in [1.82, 2.24) is 0 Å². The lowest BCUT2D eigenvalue weighted by Gasteiger charge is -2.06. The topological polar surface area (TPSA) is 116 Å². The van der Waals surface area contributed by atoms with Gasteiger partial charge in [-0.1, -0.05) is 56.7 Å². The van der Waals surface area contributed by atoms with Gasteiger partial charge in [-0.2, -0.15) is 18.6 Å². The van der Waals surface area contributed by atoms with Crippen molar-refractivity contribution >= 4 is 24.0 Å². The number of carbonyl (C=O) groups excluding carboxylic acids is 1. The van der Waals surface area contributed by atoms with Gasteiger partial charge in [-0.05, 0) is 6.92 Å². The smallest absolute Gasteiger partial charge is 0.426 e. The maximum Gasteiger partial charge on any atom is 0.472 e. The first-order valence-electron chi connectivity index (χ1n) is 3.71. The van der Waals surface area contributed by atoms with Gasteiger partial charge in [0.25, 0.3) is 10.1 Å². The Labute approximate surface area is 133 Å². The molecular weight excluding hydrogens is 297 g/mol. The first kappa shape index (κ1) is 50.0. The third-order valence-corrected chi connectivity index (χ3v) is 2.00. The summed E-state index contributed by atoms with van der Waals surface area (Å²) in [6, 6.07) is 0. The van der Waals surface area contributed by atoms with Gasteiger partial charge in [0.15, 0.2) is 0 Å². The molecule has 0 aromatic carbocycles. The van der Waals surface area contributed by atoms with Gasteiger partial charge in [0.1, 0.15) is 12.4 Å². The fraction of sp³-hybridized carbons (Fsp3) is 0.750. The first-order valence-corrected chi connectivity index (χ1v) is 5.29. The van der Waals surface area contributed by atoms with Gasteiger partial charge in [-0.15, -0.1) is 0 Å². The SMILES string of the molecule is C.C.C.C.C.C.C=C(C)COB(O)CS(=O)(=O)ON.C=O. The minimum absolute atomic E-state index is 0. The van der Waals surface area contributed by atoms with E-state index < -0.39 is 22.9 Å². The summed E-state index contributed by atoms with van der Waals surface area (Å²) in [6.45, 7) is 7.27. The second-order valence-electron chi connectivity index (χ2n) is 2.54. The number of hydrogen-bond donors (Lipinski definition) is 2. The highest BCUT2D eigenvalue weighted by molar-refractivity contribution is 7.88. The predicted molar refractivity (Wildman–Crippen MR) is 95.3 cm³/mol. The van der Waals surface area contributed by atoms with Crippen LogP contribution < -0.4 is 5.90 Å². The Morgan fingerprint density at radius 2 is 1.48 bits per heavy atom. The average molecular weight is 335 g/mol. The highest BCUT2D eigenvalue weighted by Gasteiger charge is 2.23. The standard InChI is InChI=1S/C5H12BNO5S.CH2O.6CH4/c1-5(2)3-11-6(8)4-13(9,10)12-7;1-2;;;;;;/h8H,1,3-4,7H2,2H3;1H2;6*1H4. The molecule has 0 aliphatic rings. The van der Waals surface area contributed by atoms with Crippen LogP contribution in [0.4, 0.5) is 0 Å². The molecular formula is C12H38BNO6S. The molecule has 0 unspecified atom stereocenters. The van der Waals surface area contributed by atoms with Crippen molar-refractivity contribution in [3.05, 3.63) is 12.2 Å². The molecule has 136 valence electrons. The van der Waals surface area contributed by atoms with Gasteiger partial charge in [-0.25, -0.2) is 0 Å². The monoisotopic (exact) mass is 335 g/mol. The van der Waals surface area contributed by atoms with Crippen LogP contribution in [-0.4, -0.2) is 39.6 Å². The third-order valence-electron chi connectivity index (χ3n) is 1.02.